The van der Waals surface area contributed by atoms with Crippen molar-refractivity contribution in [3.05, 3.63) is 53.8 Å². The van der Waals surface area contributed by atoms with Gasteiger partial charge in [-0.3, -0.25) is 0 Å². The number of nitrogens with zero attached hydrogens (tertiary/aromatic N) is 3. The fourth-order valence-electron chi connectivity index (χ4n) is 1.66. The van der Waals surface area contributed by atoms with Gasteiger partial charge in [-0.25, -0.2) is 14.5 Å². The van der Waals surface area contributed by atoms with Crippen LogP contribution in [0.1, 0.15) is 9.67 Å². The largest absolute Gasteiger partial charge is 0.477 e. The van der Waals surface area contributed by atoms with Gasteiger partial charge in [-0.2, -0.15) is 5.10 Å². The highest BCUT2D eigenvalue weighted by Crippen LogP contribution is 2.25. The highest BCUT2D eigenvalue weighted by atomic mass is 32.1. The predicted molar refractivity (Wildman–Crippen MR) is 71.6 cm³/mol. The van der Waals surface area contributed by atoms with E-state index in [1.165, 1.54) is 6.20 Å². The molecule has 2 aromatic heterocycles. The van der Waals surface area contributed by atoms with Crippen molar-refractivity contribution < 1.29 is 9.90 Å². The normalized spacial score (nSPS) is 10.5. The zero-order chi connectivity index (χ0) is 13.2. The first-order chi connectivity index (χ1) is 9.24. The Balaban J connectivity index is 1.94. The molecular weight excluding hydrogens is 262 g/mol. The number of hydrogen-bond donors (Lipinski definition) is 1. The minimum absolute atomic E-state index is 0.225. The Labute approximate surface area is 112 Å². The summed E-state index contributed by atoms with van der Waals surface area (Å²) in [6.45, 7) is 0. The van der Waals surface area contributed by atoms with E-state index in [-0.39, 0.29) is 4.88 Å². The minimum atomic E-state index is -0.959. The van der Waals surface area contributed by atoms with E-state index in [9.17, 15) is 4.79 Å². The summed E-state index contributed by atoms with van der Waals surface area (Å²) < 4.78 is 1.73. The van der Waals surface area contributed by atoms with Crippen molar-refractivity contribution in [2.24, 2.45) is 0 Å². The molecule has 0 radical (unpaired) electrons. The average molecular weight is 271 g/mol. The summed E-state index contributed by atoms with van der Waals surface area (Å²) in [5, 5.41) is 13.8. The maximum atomic E-state index is 10.8. The summed E-state index contributed by atoms with van der Waals surface area (Å²) in [4.78, 5) is 15.1. The van der Waals surface area contributed by atoms with Crippen LogP contribution in [-0.4, -0.2) is 25.8 Å². The van der Waals surface area contributed by atoms with E-state index < -0.39 is 5.97 Å². The van der Waals surface area contributed by atoms with Gasteiger partial charge in [0.1, 0.15) is 9.88 Å². The van der Waals surface area contributed by atoms with Gasteiger partial charge in [0.15, 0.2) is 0 Å². The number of aromatic nitrogens is 3. The lowest BCUT2D eigenvalue weighted by Gasteiger charge is -1.98. The van der Waals surface area contributed by atoms with Gasteiger partial charge in [0.25, 0.3) is 0 Å². The molecule has 94 valence electrons. The number of para-hydroxylation sites is 1. The summed E-state index contributed by atoms with van der Waals surface area (Å²) in [6.07, 6.45) is 4.87. The molecule has 0 amide bonds. The fourth-order valence-corrected chi connectivity index (χ4v) is 2.39. The Morgan fingerprint density at radius 1 is 1.21 bits per heavy atom. The second-order valence-corrected chi connectivity index (χ2v) is 4.87. The van der Waals surface area contributed by atoms with Crippen molar-refractivity contribution in [2.45, 2.75) is 0 Å². The third kappa shape index (κ3) is 2.25. The molecule has 0 saturated carbocycles. The number of rotatable bonds is 3. The number of thiazole rings is 1. The molecule has 0 saturated heterocycles. The molecule has 19 heavy (non-hydrogen) atoms. The van der Waals surface area contributed by atoms with Crippen LogP contribution in [0.3, 0.4) is 0 Å². The maximum absolute atomic E-state index is 10.8. The third-order valence-corrected chi connectivity index (χ3v) is 3.60. The number of aromatic carboxylic acids is 1. The van der Waals surface area contributed by atoms with E-state index in [0.717, 1.165) is 22.6 Å². The quantitative estimate of drug-likeness (QED) is 0.795. The number of carboxylic acids is 1. The van der Waals surface area contributed by atoms with Gasteiger partial charge in [-0.15, -0.1) is 11.3 Å². The molecule has 0 fully saturated rings. The molecule has 1 N–H and O–H groups in total. The van der Waals surface area contributed by atoms with Crippen molar-refractivity contribution in [3.8, 4) is 16.3 Å². The van der Waals surface area contributed by atoms with Crippen molar-refractivity contribution in [2.75, 3.05) is 0 Å². The van der Waals surface area contributed by atoms with Crippen LogP contribution in [-0.2, 0) is 0 Å². The molecule has 1 aromatic carbocycles. The topological polar surface area (TPSA) is 68.0 Å². The smallest absolute Gasteiger partial charge is 0.347 e. The Kier molecular flexibility index (Phi) is 2.85. The molecule has 0 aliphatic rings. The van der Waals surface area contributed by atoms with Gasteiger partial charge >= 0.3 is 5.97 Å². The summed E-state index contributed by atoms with van der Waals surface area (Å²) in [5.74, 6) is -0.959. The van der Waals surface area contributed by atoms with E-state index in [4.69, 9.17) is 5.11 Å². The van der Waals surface area contributed by atoms with Gasteiger partial charge in [0.05, 0.1) is 18.1 Å². The molecule has 0 aliphatic heterocycles. The van der Waals surface area contributed by atoms with E-state index in [1.54, 1.807) is 10.9 Å². The molecule has 3 aromatic rings. The summed E-state index contributed by atoms with van der Waals surface area (Å²) in [5.41, 5.74) is 1.75. The number of carboxylic acid groups (broad SMARTS) is 1. The minimum Gasteiger partial charge on any atom is -0.477 e. The van der Waals surface area contributed by atoms with E-state index in [2.05, 4.69) is 10.1 Å². The van der Waals surface area contributed by atoms with E-state index in [1.807, 2.05) is 36.5 Å². The molecule has 0 aliphatic carbocycles. The van der Waals surface area contributed by atoms with E-state index >= 15 is 0 Å². The summed E-state index contributed by atoms with van der Waals surface area (Å²) in [6, 6.07) is 9.70. The van der Waals surface area contributed by atoms with Crippen LogP contribution in [0.2, 0.25) is 0 Å². The highest BCUT2D eigenvalue weighted by Gasteiger charge is 2.11. The van der Waals surface area contributed by atoms with E-state index in [0.29, 0.717) is 5.01 Å². The van der Waals surface area contributed by atoms with Crippen molar-refractivity contribution in [1.29, 1.82) is 0 Å². The molecule has 0 unspecified atom stereocenters. The standard InChI is InChI=1S/C13H9N3O2S/c17-13(18)11-7-14-12(19-11)9-6-15-16(8-9)10-4-2-1-3-5-10/h1-8H,(H,17,18). The molecule has 0 atom stereocenters. The Hall–Kier alpha value is -2.47. The lowest BCUT2D eigenvalue weighted by molar-refractivity contribution is 0.0702. The molecule has 0 spiro atoms. The number of carbonyl (C=O) groups is 1. The molecular formula is C13H9N3O2S. The van der Waals surface area contributed by atoms with Gasteiger partial charge < -0.3 is 5.11 Å². The third-order valence-electron chi connectivity index (χ3n) is 2.57. The van der Waals surface area contributed by atoms with Gasteiger partial charge in [0.2, 0.25) is 0 Å². The Morgan fingerprint density at radius 3 is 2.68 bits per heavy atom. The predicted octanol–water partition coefficient (Wildman–Crippen LogP) is 2.69. The first-order valence-electron chi connectivity index (χ1n) is 5.53. The van der Waals surface area contributed by atoms with Gasteiger partial charge in [0, 0.05) is 11.8 Å². The van der Waals surface area contributed by atoms with Crippen LogP contribution in [0.15, 0.2) is 48.9 Å². The Bertz CT molecular complexity index is 718. The SMILES string of the molecule is O=C(O)c1cnc(-c2cnn(-c3ccccc3)c2)s1. The van der Waals surface area contributed by atoms with Crippen LogP contribution >= 0.6 is 11.3 Å². The van der Waals surface area contributed by atoms with Crippen molar-refractivity contribution in [3.63, 3.8) is 0 Å². The van der Waals surface area contributed by atoms with Crippen LogP contribution in [0.4, 0.5) is 0 Å². The van der Waals surface area contributed by atoms with Crippen LogP contribution in [0.5, 0.6) is 0 Å². The first kappa shape index (κ1) is 11.6. The van der Waals surface area contributed by atoms with Gasteiger partial charge in [-0.1, -0.05) is 18.2 Å². The fraction of sp³-hybridized carbons (Fsp3) is 0. The average Bonchev–Trinajstić information content (AvgIpc) is 3.09. The molecule has 2 heterocycles. The zero-order valence-corrected chi connectivity index (χ0v) is 10.5. The lowest BCUT2D eigenvalue weighted by atomic mass is 10.3. The number of hydrogen-bond acceptors (Lipinski definition) is 4. The molecule has 3 rings (SSSR count). The van der Waals surface area contributed by atoms with Gasteiger partial charge in [-0.05, 0) is 12.1 Å². The van der Waals surface area contributed by atoms with Crippen molar-refractivity contribution >= 4 is 17.3 Å². The van der Waals surface area contributed by atoms with Crippen LogP contribution < -0.4 is 0 Å². The zero-order valence-electron chi connectivity index (χ0n) is 9.72. The first-order valence-corrected chi connectivity index (χ1v) is 6.35. The van der Waals surface area contributed by atoms with Crippen molar-refractivity contribution in [1.82, 2.24) is 14.8 Å². The monoisotopic (exact) mass is 271 g/mol. The highest BCUT2D eigenvalue weighted by molar-refractivity contribution is 7.16. The molecule has 5 nitrogen and oxygen atoms in total. The second-order valence-electron chi connectivity index (χ2n) is 3.84. The summed E-state index contributed by atoms with van der Waals surface area (Å²) >= 11 is 1.14. The van der Waals surface area contributed by atoms with Crippen LogP contribution in [0, 0.1) is 0 Å². The number of benzene rings is 1. The molecule has 0 bridgehead atoms. The Morgan fingerprint density at radius 2 is 2.00 bits per heavy atom. The second kappa shape index (κ2) is 4.66. The lowest BCUT2D eigenvalue weighted by Crippen LogP contribution is -1.92. The molecule has 6 heteroatoms. The maximum Gasteiger partial charge on any atom is 0.347 e. The van der Waals surface area contributed by atoms with Crippen LogP contribution in [0.25, 0.3) is 16.3 Å². The summed E-state index contributed by atoms with van der Waals surface area (Å²) in [7, 11) is 0.